The first kappa shape index (κ1) is 13.7. The maximum atomic E-state index is 11.7. The highest BCUT2D eigenvalue weighted by Gasteiger charge is 2.07. The fourth-order valence-corrected chi connectivity index (χ4v) is 1.55. The topological polar surface area (TPSA) is 58.2 Å². The Hall–Kier alpha value is -1.36. The zero-order valence-electron chi connectivity index (χ0n) is 9.84. The zero-order chi connectivity index (χ0) is 12.8. The van der Waals surface area contributed by atoms with Crippen molar-refractivity contribution < 1.29 is 9.59 Å². The molecule has 0 aliphatic carbocycles. The second-order valence-electron chi connectivity index (χ2n) is 3.64. The molecule has 0 spiro atoms. The Kier molecular flexibility index (Phi) is 5.15. The molecule has 0 aliphatic heterocycles. The number of carbonyl (C=O) groups excluding carboxylic acids is 2. The van der Waals surface area contributed by atoms with E-state index in [1.807, 2.05) is 13.0 Å². The van der Waals surface area contributed by atoms with Gasteiger partial charge in [0.25, 0.3) is 5.91 Å². The van der Waals surface area contributed by atoms with Gasteiger partial charge in [-0.25, -0.2) is 0 Å². The van der Waals surface area contributed by atoms with Crippen molar-refractivity contribution in [2.75, 3.05) is 13.6 Å². The molecule has 2 amide bonds. The number of aryl methyl sites for hydroxylation is 1. The van der Waals surface area contributed by atoms with Gasteiger partial charge in [0.2, 0.25) is 5.91 Å². The van der Waals surface area contributed by atoms with Gasteiger partial charge >= 0.3 is 0 Å². The van der Waals surface area contributed by atoms with Gasteiger partial charge in [0.05, 0.1) is 0 Å². The van der Waals surface area contributed by atoms with E-state index in [0.29, 0.717) is 12.1 Å². The molecular formula is C12H15BrN2O2. The summed E-state index contributed by atoms with van der Waals surface area (Å²) in [6, 6.07) is 5.38. The van der Waals surface area contributed by atoms with Crippen molar-refractivity contribution >= 4 is 27.7 Å². The van der Waals surface area contributed by atoms with Crippen LogP contribution in [0.2, 0.25) is 0 Å². The standard InChI is InChI=1S/C12H15BrN2O2/c1-8-7-9(3-4-10(8)13)12(17)15-6-5-11(16)14-2/h3-4,7H,5-6H2,1-2H3,(H,14,16)(H,15,17). The first-order chi connectivity index (χ1) is 8.04. The van der Waals surface area contributed by atoms with Gasteiger partial charge in [0.15, 0.2) is 0 Å². The Balaban J connectivity index is 2.52. The fourth-order valence-electron chi connectivity index (χ4n) is 1.30. The Morgan fingerprint density at radius 3 is 2.65 bits per heavy atom. The highest BCUT2D eigenvalue weighted by molar-refractivity contribution is 9.10. The predicted molar refractivity (Wildman–Crippen MR) is 69.9 cm³/mol. The van der Waals surface area contributed by atoms with Gasteiger partial charge in [-0.1, -0.05) is 15.9 Å². The Morgan fingerprint density at radius 2 is 2.06 bits per heavy atom. The summed E-state index contributed by atoms with van der Waals surface area (Å²) in [4.78, 5) is 22.7. The average Bonchev–Trinajstić information content (AvgIpc) is 2.32. The van der Waals surface area contributed by atoms with Crippen molar-refractivity contribution in [2.45, 2.75) is 13.3 Å². The molecule has 2 N–H and O–H groups in total. The minimum atomic E-state index is -0.162. The first-order valence-electron chi connectivity index (χ1n) is 5.29. The summed E-state index contributed by atoms with van der Waals surface area (Å²) in [7, 11) is 1.57. The van der Waals surface area contributed by atoms with Crippen LogP contribution in [0.3, 0.4) is 0 Å². The van der Waals surface area contributed by atoms with Gasteiger partial charge in [-0.3, -0.25) is 9.59 Å². The smallest absolute Gasteiger partial charge is 0.251 e. The van der Waals surface area contributed by atoms with Crippen LogP contribution in [0.5, 0.6) is 0 Å². The lowest BCUT2D eigenvalue weighted by atomic mass is 10.1. The lowest BCUT2D eigenvalue weighted by Crippen LogP contribution is -2.29. The molecule has 92 valence electrons. The molecule has 0 saturated heterocycles. The Bertz CT molecular complexity index is 433. The van der Waals surface area contributed by atoms with Crippen LogP contribution in [0, 0.1) is 6.92 Å². The lowest BCUT2D eigenvalue weighted by molar-refractivity contribution is -0.120. The van der Waals surface area contributed by atoms with Crippen molar-refractivity contribution in [3.63, 3.8) is 0 Å². The molecule has 17 heavy (non-hydrogen) atoms. The van der Waals surface area contributed by atoms with Crippen LogP contribution in [0.1, 0.15) is 22.3 Å². The van der Waals surface area contributed by atoms with Crippen LogP contribution < -0.4 is 10.6 Å². The van der Waals surface area contributed by atoms with Crippen molar-refractivity contribution in [1.29, 1.82) is 0 Å². The highest BCUT2D eigenvalue weighted by Crippen LogP contribution is 2.16. The summed E-state index contributed by atoms with van der Waals surface area (Å²) < 4.78 is 0.972. The van der Waals surface area contributed by atoms with E-state index < -0.39 is 0 Å². The quantitative estimate of drug-likeness (QED) is 0.887. The maximum Gasteiger partial charge on any atom is 0.251 e. The third kappa shape index (κ3) is 4.19. The molecule has 0 unspecified atom stereocenters. The summed E-state index contributed by atoms with van der Waals surface area (Å²) in [5, 5.41) is 5.19. The molecule has 0 aromatic heterocycles. The van der Waals surface area contributed by atoms with Crippen LogP contribution >= 0.6 is 15.9 Å². The van der Waals surface area contributed by atoms with Gasteiger partial charge in [0, 0.05) is 30.0 Å². The average molecular weight is 299 g/mol. The lowest BCUT2D eigenvalue weighted by Gasteiger charge is -2.06. The van der Waals surface area contributed by atoms with Crippen molar-refractivity contribution in [1.82, 2.24) is 10.6 Å². The van der Waals surface area contributed by atoms with E-state index in [0.717, 1.165) is 10.0 Å². The highest BCUT2D eigenvalue weighted by atomic mass is 79.9. The Morgan fingerprint density at radius 1 is 1.35 bits per heavy atom. The minimum absolute atomic E-state index is 0.0858. The SMILES string of the molecule is CNC(=O)CCNC(=O)c1ccc(Br)c(C)c1. The number of hydrogen-bond acceptors (Lipinski definition) is 2. The molecule has 5 heteroatoms. The third-order valence-corrected chi connectivity index (χ3v) is 3.23. The largest absolute Gasteiger partial charge is 0.359 e. The number of nitrogens with one attached hydrogen (secondary N) is 2. The van der Waals surface area contributed by atoms with Crippen LogP contribution in [-0.2, 0) is 4.79 Å². The number of carbonyl (C=O) groups is 2. The van der Waals surface area contributed by atoms with Crippen LogP contribution in [0.15, 0.2) is 22.7 Å². The second-order valence-corrected chi connectivity index (χ2v) is 4.50. The molecule has 0 atom stereocenters. The van der Waals surface area contributed by atoms with Gasteiger partial charge < -0.3 is 10.6 Å². The molecule has 0 bridgehead atoms. The van der Waals surface area contributed by atoms with E-state index in [4.69, 9.17) is 0 Å². The normalized spacial score (nSPS) is 9.82. The molecule has 0 fully saturated rings. The second kappa shape index (κ2) is 6.39. The molecule has 0 radical (unpaired) electrons. The van der Waals surface area contributed by atoms with E-state index in [9.17, 15) is 9.59 Å². The number of benzene rings is 1. The van der Waals surface area contributed by atoms with Crippen LogP contribution in [0.25, 0.3) is 0 Å². The summed E-state index contributed by atoms with van der Waals surface area (Å²) in [5.74, 6) is -0.248. The van der Waals surface area contributed by atoms with E-state index >= 15 is 0 Å². The minimum Gasteiger partial charge on any atom is -0.359 e. The first-order valence-corrected chi connectivity index (χ1v) is 6.09. The maximum absolute atomic E-state index is 11.7. The predicted octanol–water partition coefficient (Wildman–Crippen LogP) is 1.62. The molecular weight excluding hydrogens is 284 g/mol. The van der Waals surface area contributed by atoms with Crippen LogP contribution in [0.4, 0.5) is 0 Å². The molecule has 0 aliphatic rings. The van der Waals surface area contributed by atoms with Gasteiger partial charge in [-0.15, -0.1) is 0 Å². The summed E-state index contributed by atoms with van der Waals surface area (Å²) in [6.45, 7) is 2.26. The third-order valence-electron chi connectivity index (χ3n) is 2.34. The number of halogens is 1. The van der Waals surface area contributed by atoms with Gasteiger partial charge in [-0.2, -0.15) is 0 Å². The fraction of sp³-hybridized carbons (Fsp3) is 0.333. The van der Waals surface area contributed by atoms with Gasteiger partial charge in [0.1, 0.15) is 0 Å². The molecule has 0 saturated carbocycles. The van der Waals surface area contributed by atoms with E-state index in [1.165, 1.54) is 0 Å². The molecule has 4 nitrogen and oxygen atoms in total. The van der Waals surface area contributed by atoms with Crippen LogP contribution in [-0.4, -0.2) is 25.4 Å². The van der Waals surface area contributed by atoms with E-state index in [-0.39, 0.29) is 18.2 Å². The molecule has 1 aromatic rings. The number of hydrogen-bond donors (Lipinski definition) is 2. The van der Waals surface area contributed by atoms with E-state index in [1.54, 1.807) is 19.2 Å². The zero-order valence-corrected chi connectivity index (χ0v) is 11.4. The van der Waals surface area contributed by atoms with E-state index in [2.05, 4.69) is 26.6 Å². The number of amides is 2. The summed E-state index contributed by atoms with van der Waals surface area (Å²) in [6.07, 6.45) is 0.289. The monoisotopic (exact) mass is 298 g/mol. The van der Waals surface area contributed by atoms with Gasteiger partial charge in [-0.05, 0) is 30.7 Å². The Labute approximate surface area is 109 Å². The van der Waals surface area contributed by atoms with Crippen molar-refractivity contribution in [3.8, 4) is 0 Å². The molecule has 0 heterocycles. The summed E-state index contributed by atoms with van der Waals surface area (Å²) >= 11 is 3.37. The molecule has 1 rings (SSSR count). The number of rotatable bonds is 4. The van der Waals surface area contributed by atoms with Crippen molar-refractivity contribution in [3.05, 3.63) is 33.8 Å². The van der Waals surface area contributed by atoms with Crippen molar-refractivity contribution in [2.24, 2.45) is 0 Å². The summed E-state index contributed by atoms with van der Waals surface area (Å²) in [5.41, 5.74) is 1.60. The molecule has 1 aromatic carbocycles.